The van der Waals surface area contributed by atoms with Gasteiger partial charge in [-0.1, -0.05) is 17.8 Å². The molecule has 29 heavy (non-hydrogen) atoms. The van der Waals surface area contributed by atoms with E-state index in [1.807, 2.05) is 47.2 Å². The van der Waals surface area contributed by atoms with E-state index in [1.54, 1.807) is 31.8 Å². The molecule has 0 aliphatic heterocycles. The molecule has 0 saturated heterocycles. The largest absolute Gasteiger partial charge is 0.493 e. The molecule has 0 radical (unpaired) electrons. The predicted molar refractivity (Wildman–Crippen MR) is 115 cm³/mol. The number of nitrogens with one attached hydrogen (secondary N) is 1. The summed E-state index contributed by atoms with van der Waals surface area (Å²) in [5, 5.41) is 15.1. The van der Waals surface area contributed by atoms with E-state index < -0.39 is 0 Å². The van der Waals surface area contributed by atoms with Crippen molar-refractivity contribution in [2.45, 2.75) is 18.6 Å². The number of nitrogens with zero attached hydrogens (tertiary/aromatic N) is 4. The lowest BCUT2D eigenvalue weighted by molar-refractivity contribution is -0.118. The van der Waals surface area contributed by atoms with Gasteiger partial charge in [-0.3, -0.25) is 4.79 Å². The molecule has 0 fully saturated rings. The molecule has 1 N–H and O–H groups in total. The number of thioether (sulfide) groups is 1. The fourth-order valence-electron chi connectivity index (χ4n) is 2.56. The molecule has 1 amide bonds. The second kappa shape index (κ2) is 10.1. The number of hydrazone groups is 1. The number of ether oxygens (including phenoxy) is 2. The number of hydrogen-bond acceptors (Lipinski definition) is 8. The Hall–Kier alpha value is -2.85. The number of thiophene rings is 1. The van der Waals surface area contributed by atoms with E-state index in [2.05, 4.69) is 20.7 Å². The fourth-order valence-corrected chi connectivity index (χ4v) is 3.94. The van der Waals surface area contributed by atoms with Gasteiger partial charge in [0.2, 0.25) is 0 Å². The number of methoxy groups -OCH3 is 2. The van der Waals surface area contributed by atoms with Crippen LogP contribution in [0.5, 0.6) is 11.5 Å². The van der Waals surface area contributed by atoms with Crippen LogP contribution in [0, 0.1) is 0 Å². The Labute approximate surface area is 176 Å². The van der Waals surface area contributed by atoms with Crippen LogP contribution >= 0.6 is 23.1 Å². The van der Waals surface area contributed by atoms with E-state index in [1.165, 1.54) is 11.8 Å². The van der Waals surface area contributed by atoms with E-state index in [0.29, 0.717) is 29.0 Å². The van der Waals surface area contributed by atoms with Gasteiger partial charge >= 0.3 is 0 Å². The summed E-state index contributed by atoms with van der Waals surface area (Å²) in [5.41, 5.74) is 3.38. The third kappa shape index (κ3) is 5.15. The van der Waals surface area contributed by atoms with Gasteiger partial charge in [-0.25, -0.2) is 5.43 Å². The Bertz CT molecular complexity index is 986. The van der Waals surface area contributed by atoms with E-state index in [-0.39, 0.29) is 11.7 Å². The molecule has 0 saturated carbocycles. The van der Waals surface area contributed by atoms with Crippen LogP contribution < -0.4 is 14.9 Å². The molecule has 8 nitrogen and oxygen atoms in total. The summed E-state index contributed by atoms with van der Waals surface area (Å²) >= 11 is 2.86. The first kappa shape index (κ1) is 20.9. The van der Waals surface area contributed by atoms with Crippen LogP contribution in [-0.2, 0) is 11.3 Å². The molecule has 3 rings (SSSR count). The van der Waals surface area contributed by atoms with Crippen molar-refractivity contribution in [3.63, 3.8) is 0 Å². The highest BCUT2D eigenvalue weighted by atomic mass is 32.2. The zero-order valence-electron chi connectivity index (χ0n) is 16.3. The first-order valence-electron chi connectivity index (χ1n) is 8.80. The van der Waals surface area contributed by atoms with Gasteiger partial charge in [-0.2, -0.15) is 5.10 Å². The monoisotopic (exact) mass is 431 g/mol. The quantitative estimate of drug-likeness (QED) is 0.318. The van der Waals surface area contributed by atoms with Gasteiger partial charge in [-0.15, -0.1) is 21.5 Å². The standard InChI is InChI=1S/C19H21N5O3S2/c1-4-24-18(13-7-8-15(26-2)16(10-13)27-3)22-23-19(24)29-12-17(25)21-20-11-14-6-5-9-28-14/h5-11H,4,12H2,1-3H3,(H,21,25). The van der Waals surface area contributed by atoms with Crippen LogP contribution in [0.25, 0.3) is 11.4 Å². The minimum atomic E-state index is -0.207. The lowest BCUT2D eigenvalue weighted by Crippen LogP contribution is -2.19. The van der Waals surface area contributed by atoms with Crippen molar-refractivity contribution in [2.24, 2.45) is 5.10 Å². The highest BCUT2D eigenvalue weighted by Gasteiger charge is 2.16. The third-order valence-corrected chi connectivity index (χ3v) is 5.71. The first-order chi connectivity index (χ1) is 14.2. The van der Waals surface area contributed by atoms with Crippen molar-refractivity contribution >= 4 is 35.2 Å². The molecule has 0 atom stereocenters. The maximum absolute atomic E-state index is 12.0. The zero-order chi connectivity index (χ0) is 20.6. The Morgan fingerprint density at radius 1 is 1.28 bits per heavy atom. The normalized spacial score (nSPS) is 11.0. The van der Waals surface area contributed by atoms with Crippen LogP contribution in [0.3, 0.4) is 0 Å². The fraction of sp³-hybridized carbons (Fsp3) is 0.263. The number of hydrogen-bond donors (Lipinski definition) is 1. The molecular weight excluding hydrogens is 410 g/mol. The molecular formula is C19H21N5O3S2. The van der Waals surface area contributed by atoms with Crippen molar-refractivity contribution < 1.29 is 14.3 Å². The van der Waals surface area contributed by atoms with Crippen molar-refractivity contribution in [2.75, 3.05) is 20.0 Å². The number of aromatic nitrogens is 3. The molecule has 0 aliphatic rings. The average Bonchev–Trinajstić information content (AvgIpc) is 3.41. The Kier molecular flexibility index (Phi) is 7.25. The summed E-state index contributed by atoms with van der Waals surface area (Å²) in [6.45, 7) is 2.67. The molecule has 10 heteroatoms. The van der Waals surface area contributed by atoms with Gasteiger partial charge in [0.1, 0.15) is 0 Å². The van der Waals surface area contributed by atoms with Crippen molar-refractivity contribution in [3.8, 4) is 22.9 Å². The molecule has 0 unspecified atom stereocenters. The molecule has 2 heterocycles. The summed E-state index contributed by atoms with van der Waals surface area (Å²) in [4.78, 5) is 13.0. The van der Waals surface area contributed by atoms with Gasteiger partial charge in [0.15, 0.2) is 22.5 Å². The maximum atomic E-state index is 12.0. The SMILES string of the molecule is CCn1c(SCC(=O)NN=Cc2cccs2)nnc1-c1ccc(OC)c(OC)c1. The lowest BCUT2D eigenvalue weighted by Gasteiger charge is -2.10. The lowest BCUT2D eigenvalue weighted by atomic mass is 10.2. The molecule has 152 valence electrons. The van der Waals surface area contributed by atoms with Crippen LogP contribution in [0.4, 0.5) is 0 Å². The number of benzene rings is 1. The zero-order valence-corrected chi connectivity index (χ0v) is 17.9. The van der Waals surface area contributed by atoms with Gasteiger partial charge in [0.25, 0.3) is 5.91 Å². The van der Waals surface area contributed by atoms with Gasteiger partial charge < -0.3 is 14.0 Å². The van der Waals surface area contributed by atoms with Gasteiger partial charge in [0, 0.05) is 17.0 Å². The van der Waals surface area contributed by atoms with Gasteiger partial charge in [-0.05, 0) is 36.6 Å². The van der Waals surface area contributed by atoms with Crippen LogP contribution in [0.15, 0.2) is 46.0 Å². The number of rotatable bonds is 9. The number of amides is 1. The highest BCUT2D eigenvalue weighted by Crippen LogP contribution is 2.32. The van der Waals surface area contributed by atoms with Crippen molar-refractivity contribution in [1.29, 1.82) is 0 Å². The van der Waals surface area contributed by atoms with Crippen LogP contribution in [0.1, 0.15) is 11.8 Å². The summed E-state index contributed by atoms with van der Waals surface area (Å²) in [6.07, 6.45) is 1.62. The minimum Gasteiger partial charge on any atom is -0.493 e. The second-order valence-electron chi connectivity index (χ2n) is 5.72. The van der Waals surface area contributed by atoms with E-state index in [9.17, 15) is 4.79 Å². The van der Waals surface area contributed by atoms with E-state index in [4.69, 9.17) is 9.47 Å². The first-order valence-corrected chi connectivity index (χ1v) is 10.7. The topological polar surface area (TPSA) is 90.6 Å². The summed E-state index contributed by atoms with van der Waals surface area (Å²) in [6, 6.07) is 9.44. The van der Waals surface area contributed by atoms with E-state index in [0.717, 1.165) is 10.4 Å². The Morgan fingerprint density at radius 3 is 2.79 bits per heavy atom. The molecule has 1 aromatic carbocycles. The van der Waals surface area contributed by atoms with Gasteiger partial charge in [0.05, 0.1) is 26.2 Å². The van der Waals surface area contributed by atoms with Crippen molar-refractivity contribution in [3.05, 3.63) is 40.6 Å². The summed E-state index contributed by atoms with van der Waals surface area (Å²) in [5.74, 6) is 1.94. The molecule has 0 aliphatic carbocycles. The molecule has 0 spiro atoms. The van der Waals surface area contributed by atoms with Crippen LogP contribution in [-0.4, -0.2) is 46.9 Å². The third-order valence-electron chi connectivity index (χ3n) is 3.93. The Morgan fingerprint density at radius 2 is 2.10 bits per heavy atom. The van der Waals surface area contributed by atoms with E-state index >= 15 is 0 Å². The van der Waals surface area contributed by atoms with Crippen molar-refractivity contribution in [1.82, 2.24) is 20.2 Å². The molecule has 0 bridgehead atoms. The average molecular weight is 432 g/mol. The van der Waals surface area contributed by atoms with Crippen LogP contribution in [0.2, 0.25) is 0 Å². The second-order valence-corrected chi connectivity index (χ2v) is 7.64. The summed E-state index contributed by atoms with van der Waals surface area (Å²) in [7, 11) is 3.18. The molecule has 2 aromatic heterocycles. The maximum Gasteiger partial charge on any atom is 0.250 e. The smallest absolute Gasteiger partial charge is 0.250 e. The minimum absolute atomic E-state index is 0.186. The molecule has 3 aromatic rings. The predicted octanol–water partition coefficient (Wildman–Crippen LogP) is 3.29. The number of carbonyl (C=O) groups is 1. The Balaban J connectivity index is 1.67. The number of carbonyl (C=O) groups excluding carboxylic acids is 1. The summed E-state index contributed by atoms with van der Waals surface area (Å²) < 4.78 is 12.6. The highest BCUT2D eigenvalue weighted by molar-refractivity contribution is 7.99.